The second-order valence-electron chi connectivity index (χ2n) is 3.59. The predicted molar refractivity (Wildman–Crippen MR) is 58.3 cm³/mol. The minimum atomic E-state index is -1.16. The smallest absolute Gasteiger partial charge is 0.330 e. The summed E-state index contributed by atoms with van der Waals surface area (Å²) in [6.45, 7) is 4.61. The Hall–Kier alpha value is -1.85. The van der Waals surface area contributed by atoms with E-state index in [1.807, 2.05) is 0 Å². The van der Waals surface area contributed by atoms with Crippen molar-refractivity contribution in [2.75, 3.05) is 6.61 Å². The second-order valence-corrected chi connectivity index (χ2v) is 3.59. The maximum Gasteiger partial charge on any atom is 0.330 e. The summed E-state index contributed by atoms with van der Waals surface area (Å²) in [4.78, 5) is 32.2. The number of carbonyl (C=O) groups is 3. The van der Waals surface area contributed by atoms with Gasteiger partial charge in [0, 0.05) is 6.08 Å². The van der Waals surface area contributed by atoms with E-state index in [0.29, 0.717) is 6.42 Å². The third-order valence-corrected chi connectivity index (χ3v) is 2.38. The third-order valence-electron chi connectivity index (χ3n) is 2.38. The minimum absolute atomic E-state index is 0.0565. The molecular formula is C11H16O6. The van der Waals surface area contributed by atoms with E-state index in [1.165, 1.54) is 6.92 Å². The number of rotatable bonds is 8. The van der Waals surface area contributed by atoms with Crippen molar-refractivity contribution in [2.24, 2.45) is 11.8 Å². The van der Waals surface area contributed by atoms with Gasteiger partial charge in [-0.15, -0.1) is 0 Å². The molecule has 0 aromatic rings. The van der Waals surface area contributed by atoms with Crippen LogP contribution in [0.1, 0.15) is 19.8 Å². The quantitative estimate of drug-likeness (QED) is 0.374. The Balaban J connectivity index is 4.11. The maximum absolute atomic E-state index is 10.8. The Morgan fingerprint density at radius 1 is 1.29 bits per heavy atom. The van der Waals surface area contributed by atoms with Gasteiger partial charge in [-0.1, -0.05) is 13.5 Å². The highest BCUT2D eigenvalue weighted by molar-refractivity contribution is 5.81. The van der Waals surface area contributed by atoms with Crippen LogP contribution in [0.2, 0.25) is 0 Å². The summed E-state index contributed by atoms with van der Waals surface area (Å²) in [6.07, 6.45) is 1.45. The van der Waals surface area contributed by atoms with E-state index < -0.39 is 29.7 Å². The number of carboxylic acid groups (broad SMARTS) is 2. The molecule has 96 valence electrons. The van der Waals surface area contributed by atoms with Gasteiger partial charge in [0.05, 0.1) is 18.4 Å². The van der Waals surface area contributed by atoms with Crippen LogP contribution < -0.4 is 0 Å². The van der Waals surface area contributed by atoms with Crippen LogP contribution in [0.15, 0.2) is 12.7 Å². The molecule has 0 saturated heterocycles. The van der Waals surface area contributed by atoms with Crippen LogP contribution in [0, 0.1) is 11.8 Å². The van der Waals surface area contributed by atoms with Crippen LogP contribution in [-0.4, -0.2) is 34.7 Å². The molecule has 0 aliphatic carbocycles. The zero-order chi connectivity index (χ0) is 13.4. The van der Waals surface area contributed by atoms with E-state index in [0.717, 1.165) is 6.08 Å². The number of ether oxygens (including phenoxy) is 1. The van der Waals surface area contributed by atoms with Crippen molar-refractivity contribution in [3.63, 3.8) is 0 Å². The lowest BCUT2D eigenvalue weighted by molar-refractivity contribution is -0.153. The number of esters is 1. The van der Waals surface area contributed by atoms with Crippen LogP contribution in [0.3, 0.4) is 0 Å². The number of carboxylic acids is 2. The average molecular weight is 244 g/mol. The highest BCUT2D eigenvalue weighted by Gasteiger charge is 2.29. The first-order valence-corrected chi connectivity index (χ1v) is 5.15. The Morgan fingerprint density at radius 3 is 2.29 bits per heavy atom. The third kappa shape index (κ3) is 5.70. The van der Waals surface area contributed by atoms with Gasteiger partial charge in [0.25, 0.3) is 0 Å². The minimum Gasteiger partial charge on any atom is -0.481 e. The molecular weight excluding hydrogens is 228 g/mol. The summed E-state index contributed by atoms with van der Waals surface area (Å²) in [6, 6.07) is 0. The molecule has 0 heterocycles. The Bertz CT molecular complexity index is 309. The monoisotopic (exact) mass is 244 g/mol. The largest absolute Gasteiger partial charge is 0.481 e. The summed E-state index contributed by atoms with van der Waals surface area (Å²) < 4.78 is 4.66. The van der Waals surface area contributed by atoms with Crippen LogP contribution in [0.4, 0.5) is 0 Å². The number of hydrogen-bond donors (Lipinski definition) is 2. The van der Waals surface area contributed by atoms with Gasteiger partial charge in [-0.2, -0.15) is 0 Å². The van der Waals surface area contributed by atoms with Crippen molar-refractivity contribution < 1.29 is 29.3 Å². The van der Waals surface area contributed by atoms with Gasteiger partial charge in [-0.05, 0) is 12.8 Å². The van der Waals surface area contributed by atoms with Crippen molar-refractivity contribution in [1.29, 1.82) is 0 Å². The fourth-order valence-electron chi connectivity index (χ4n) is 1.29. The van der Waals surface area contributed by atoms with Crippen molar-refractivity contribution in [3.8, 4) is 0 Å². The van der Waals surface area contributed by atoms with Gasteiger partial charge < -0.3 is 14.9 Å². The molecule has 0 aliphatic rings. The first-order chi connectivity index (χ1) is 7.90. The molecule has 2 atom stereocenters. The van der Waals surface area contributed by atoms with E-state index in [2.05, 4.69) is 11.3 Å². The Morgan fingerprint density at radius 2 is 1.88 bits per heavy atom. The summed E-state index contributed by atoms with van der Waals surface area (Å²) in [5.41, 5.74) is 0. The topological polar surface area (TPSA) is 101 Å². The number of carbonyl (C=O) groups excluding carboxylic acids is 1. The fourth-order valence-corrected chi connectivity index (χ4v) is 1.29. The zero-order valence-corrected chi connectivity index (χ0v) is 9.59. The van der Waals surface area contributed by atoms with Crippen LogP contribution in [-0.2, 0) is 19.1 Å². The van der Waals surface area contributed by atoms with Crippen molar-refractivity contribution in [3.05, 3.63) is 12.7 Å². The van der Waals surface area contributed by atoms with Crippen LogP contribution in [0.25, 0.3) is 0 Å². The maximum atomic E-state index is 10.8. The molecule has 2 N–H and O–H groups in total. The molecule has 0 aromatic heterocycles. The molecule has 0 saturated carbocycles. The lowest BCUT2D eigenvalue weighted by Gasteiger charge is -2.15. The number of aliphatic carboxylic acids is 2. The van der Waals surface area contributed by atoms with Gasteiger partial charge in [0.1, 0.15) is 0 Å². The lowest BCUT2D eigenvalue weighted by Crippen LogP contribution is -2.27. The SMILES string of the molecule is C=CC(=O)OCCCC(C(=O)O)C(C)C(=O)O. The Labute approximate surface area is 98.9 Å². The molecule has 0 rings (SSSR count). The van der Waals surface area contributed by atoms with E-state index in [-0.39, 0.29) is 13.0 Å². The summed E-state index contributed by atoms with van der Waals surface area (Å²) >= 11 is 0. The Kier molecular flexibility index (Phi) is 6.62. The van der Waals surface area contributed by atoms with E-state index in [1.54, 1.807) is 0 Å². The highest BCUT2D eigenvalue weighted by atomic mass is 16.5. The molecule has 0 spiro atoms. The molecule has 0 bridgehead atoms. The zero-order valence-electron chi connectivity index (χ0n) is 9.59. The normalized spacial score (nSPS) is 13.5. The molecule has 17 heavy (non-hydrogen) atoms. The summed E-state index contributed by atoms with van der Waals surface area (Å²) in [5, 5.41) is 17.6. The van der Waals surface area contributed by atoms with Gasteiger partial charge >= 0.3 is 17.9 Å². The van der Waals surface area contributed by atoms with E-state index in [9.17, 15) is 14.4 Å². The van der Waals surface area contributed by atoms with Gasteiger partial charge in [-0.25, -0.2) is 4.79 Å². The molecule has 0 fully saturated rings. The molecule has 0 radical (unpaired) electrons. The van der Waals surface area contributed by atoms with Gasteiger partial charge in [0.15, 0.2) is 0 Å². The van der Waals surface area contributed by atoms with Crippen molar-refractivity contribution in [1.82, 2.24) is 0 Å². The van der Waals surface area contributed by atoms with Gasteiger partial charge in [0.2, 0.25) is 0 Å². The van der Waals surface area contributed by atoms with Crippen molar-refractivity contribution >= 4 is 17.9 Å². The average Bonchev–Trinajstić information content (AvgIpc) is 2.27. The lowest BCUT2D eigenvalue weighted by atomic mass is 9.90. The number of hydrogen-bond acceptors (Lipinski definition) is 4. The van der Waals surface area contributed by atoms with E-state index >= 15 is 0 Å². The second kappa shape index (κ2) is 7.43. The van der Waals surface area contributed by atoms with Crippen LogP contribution >= 0.6 is 0 Å². The van der Waals surface area contributed by atoms with Crippen LogP contribution in [0.5, 0.6) is 0 Å². The first-order valence-electron chi connectivity index (χ1n) is 5.15. The first kappa shape index (κ1) is 15.2. The predicted octanol–water partition coefficient (Wildman–Crippen LogP) is 0.917. The van der Waals surface area contributed by atoms with Gasteiger partial charge in [-0.3, -0.25) is 9.59 Å². The molecule has 0 amide bonds. The molecule has 6 nitrogen and oxygen atoms in total. The molecule has 6 heteroatoms. The highest BCUT2D eigenvalue weighted by Crippen LogP contribution is 2.18. The molecule has 0 aliphatic heterocycles. The standard InChI is InChI=1S/C11H16O6/c1-3-9(12)17-6-4-5-8(11(15)16)7(2)10(13)14/h3,7-8H,1,4-6H2,2H3,(H,13,14)(H,15,16). The molecule has 0 aromatic carbocycles. The fraction of sp³-hybridized carbons (Fsp3) is 0.545. The summed E-state index contributed by atoms with van der Waals surface area (Å²) in [5.74, 6) is -4.84. The molecule has 2 unspecified atom stereocenters. The van der Waals surface area contributed by atoms with Crippen molar-refractivity contribution in [2.45, 2.75) is 19.8 Å². The van der Waals surface area contributed by atoms with E-state index in [4.69, 9.17) is 10.2 Å². The summed E-state index contributed by atoms with van der Waals surface area (Å²) in [7, 11) is 0.